The number of anilines is 3. The van der Waals surface area contributed by atoms with Crippen molar-refractivity contribution in [2.45, 2.75) is 32.7 Å². The third kappa shape index (κ3) is 4.55. The molecule has 0 fully saturated rings. The Morgan fingerprint density at radius 1 is 0.882 bits per heavy atom. The number of benzene rings is 3. The molecule has 2 heterocycles. The van der Waals surface area contributed by atoms with Crippen molar-refractivity contribution in [2.75, 3.05) is 29.2 Å². The molecule has 0 saturated heterocycles. The molecule has 0 spiro atoms. The first kappa shape index (κ1) is 21.8. The van der Waals surface area contributed by atoms with Gasteiger partial charge in [0.05, 0.1) is 0 Å². The van der Waals surface area contributed by atoms with Gasteiger partial charge in [-0.2, -0.15) is 0 Å². The van der Waals surface area contributed by atoms with E-state index in [0.717, 1.165) is 29.7 Å². The third-order valence-electron chi connectivity index (χ3n) is 6.16. The maximum atomic E-state index is 13.0. The standard InChI is InChI=1S/C27H27N3O4/c1-16-3-8-21(29-26(31)20-7-10-24-25(14-20)34-12-11-33-24)15-23(16)30-27(32)19-6-9-22-18(13-19)5-4-17(2)28-22/h3,6-10,13-15,17,28H,4-5,11-12H2,1-2H3,(H,29,31)(H,30,32)/t17-/m1/s1. The fourth-order valence-corrected chi connectivity index (χ4v) is 4.21. The molecule has 5 rings (SSSR count). The third-order valence-corrected chi connectivity index (χ3v) is 6.16. The van der Waals surface area contributed by atoms with Gasteiger partial charge in [0.15, 0.2) is 11.5 Å². The average Bonchev–Trinajstić information content (AvgIpc) is 2.85. The van der Waals surface area contributed by atoms with E-state index in [2.05, 4.69) is 22.9 Å². The Labute approximate surface area is 198 Å². The number of fused-ring (bicyclic) bond motifs is 2. The molecule has 1 atom stereocenters. The van der Waals surface area contributed by atoms with Gasteiger partial charge in [0.25, 0.3) is 11.8 Å². The average molecular weight is 458 g/mol. The molecule has 0 radical (unpaired) electrons. The van der Waals surface area contributed by atoms with Gasteiger partial charge in [0.2, 0.25) is 0 Å². The second-order valence-corrected chi connectivity index (χ2v) is 8.75. The Bertz CT molecular complexity index is 1270. The van der Waals surface area contributed by atoms with Gasteiger partial charge in [-0.1, -0.05) is 6.07 Å². The SMILES string of the molecule is Cc1ccc(NC(=O)c2ccc3c(c2)OCCO3)cc1NC(=O)c1ccc2c(c1)CC[C@@H](C)N2. The van der Waals surface area contributed by atoms with Crippen molar-refractivity contribution >= 4 is 28.9 Å². The number of nitrogens with one attached hydrogen (secondary N) is 3. The Morgan fingerprint density at radius 3 is 2.47 bits per heavy atom. The number of hydrogen-bond acceptors (Lipinski definition) is 5. The van der Waals surface area contributed by atoms with Crippen LogP contribution in [0.5, 0.6) is 11.5 Å². The summed E-state index contributed by atoms with van der Waals surface area (Å²) in [5.74, 6) is 0.746. The van der Waals surface area contributed by atoms with Crippen molar-refractivity contribution in [3.8, 4) is 11.5 Å². The van der Waals surface area contributed by atoms with Crippen LogP contribution in [0.2, 0.25) is 0 Å². The molecule has 174 valence electrons. The maximum Gasteiger partial charge on any atom is 0.255 e. The molecule has 0 aliphatic carbocycles. The minimum Gasteiger partial charge on any atom is -0.486 e. The molecule has 7 nitrogen and oxygen atoms in total. The van der Waals surface area contributed by atoms with Crippen LogP contribution in [-0.2, 0) is 6.42 Å². The first-order chi connectivity index (χ1) is 16.5. The summed E-state index contributed by atoms with van der Waals surface area (Å²) in [6, 6.07) is 16.8. The van der Waals surface area contributed by atoms with Crippen LogP contribution in [0.25, 0.3) is 0 Å². The molecule has 2 amide bonds. The van der Waals surface area contributed by atoms with E-state index in [0.29, 0.717) is 53.3 Å². The summed E-state index contributed by atoms with van der Waals surface area (Å²) in [6.07, 6.45) is 1.99. The van der Waals surface area contributed by atoms with E-state index in [1.807, 2.05) is 37.3 Å². The highest BCUT2D eigenvalue weighted by molar-refractivity contribution is 6.07. The molecule has 0 aromatic heterocycles. The smallest absolute Gasteiger partial charge is 0.255 e. The van der Waals surface area contributed by atoms with Gasteiger partial charge in [-0.15, -0.1) is 0 Å². The summed E-state index contributed by atoms with van der Waals surface area (Å²) in [6.45, 7) is 5.03. The first-order valence-electron chi connectivity index (χ1n) is 11.5. The van der Waals surface area contributed by atoms with Crippen LogP contribution in [0, 0.1) is 6.92 Å². The van der Waals surface area contributed by atoms with E-state index >= 15 is 0 Å². The zero-order valence-corrected chi connectivity index (χ0v) is 19.2. The summed E-state index contributed by atoms with van der Waals surface area (Å²) in [4.78, 5) is 25.8. The lowest BCUT2D eigenvalue weighted by Gasteiger charge is -2.24. The van der Waals surface area contributed by atoms with Crippen molar-refractivity contribution in [1.29, 1.82) is 0 Å². The van der Waals surface area contributed by atoms with Crippen LogP contribution in [0.4, 0.5) is 17.1 Å². The summed E-state index contributed by atoms with van der Waals surface area (Å²) >= 11 is 0. The van der Waals surface area contributed by atoms with Gasteiger partial charge in [0.1, 0.15) is 13.2 Å². The fraction of sp³-hybridized carbons (Fsp3) is 0.259. The van der Waals surface area contributed by atoms with Gasteiger partial charge in [-0.3, -0.25) is 9.59 Å². The number of aryl methyl sites for hydroxylation is 2. The van der Waals surface area contributed by atoms with Gasteiger partial charge < -0.3 is 25.4 Å². The molecule has 3 aromatic rings. The Hall–Kier alpha value is -4.00. The quantitative estimate of drug-likeness (QED) is 0.512. The Morgan fingerprint density at radius 2 is 1.62 bits per heavy atom. The number of rotatable bonds is 4. The Balaban J connectivity index is 1.30. The number of carbonyl (C=O) groups excluding carboxylic acids is 2. The molecular weight excluding hydrogens is 430 g/mol. The van der Waals surface area contributed by atoms with Crippen molar-refractivity contribution in [1.82, 2.24) is 0 Å². The molecule has 3 aromatic carbocycles. The van der Waals surface area contributed by atoms with E-state index < -0.39 is 0 Å². The summed E-state index contributed by atoms with van der Waals surface area (Å²) in [5.41, 5.74) is 5.46. The summed E-state index contributed by atoms with van der Waals surface area (Å²) in [7, 11) is 0. The number of ether oxygens (including phenoxy) is 2. The van der Waals surface area contributed by atoms with Crippen LogP contribution in [0.15, 0.2) is 54.6 Å². The highest BCUT2D eigenvalue weighted by Gasteiger charge is 2.18. The minimum absolute atomic E-state index is 0.181. The van der Waals surface area contributed by atoms with Crippen LogP contribution < -0.4 is 25.4 Å². The lowest BCUT2D eigenvalue weighted by atomic mass is 9.97. The van der Waals surface area contributed by atoms with Crippen molar-refractivity contribution in [2.24, 2.45) is 0 Å². The second kappa shape index (κ2) is 9.09. The molecule has 2 aliphatic rings. The van der Waals surface area contributed by atoms with Crippen molar-refractivity contribution in [3.63, 3.8) is 0 Å². The summed E-state index contributed by atoms with van der Waals surface area (Å²) in [5, 5.41) is 9.34. The lowest BCUT2D eigenvalue weighted by Crippen LogP contribution is -2.22. The molecule has 0 bridgehead atoms. The fourth-order valence-electron chi connectivity index (χ4n) is 4.21. The lowest BCUT2D eigenvalue weighted by molar-refractivity contribution is 0.101. The van der Waals surface area contributed by atoms with E-state index in [9.17, 15) is 9.59 Å². The Kier molecular flexibility index (Phi) is 5.84. The highest BCUT2D eigenvalue weighted by Crippen LogP contribution is 2.31. The molecule has 3 N–H and O–H groups in total. The van der Waals surface area contributed by atoms with E-state index in [4.69, 9.17) is 9.47 Å². The number of hydrogen-bond donors (Lipinski definition) is 3. The topological polar surface area (TPSA) is 88.7 Å². The van der Waals surface area contributed by atoms with E-state index in [1.165, 1.54) is 0 Å². The van der Waals surface area contributed by atoms with E-state index in [1.54, 1.807) is 24.3 Å². The van der Waals surface area contributed by atoms with Gasteiger partial charge in [0, 0.05) is 34.2 Å². The van der Waals surface area contributed by atoms with Gasteiger partial charge in [-0.25, -0.2) is 0 Å². The molecule has 2 aliphatic heterocycles. The number of amides is 2. The number of carbonyl (C=O) groups is 2. The highest BCUT2D eigenvalue weighted by atomic mass is 16.6. The minimum atomic E-state index is -0.269. The molecule has 0 saturated carbocycles. The van der Waals surface area contributed by atoms with Crippen LogP contribution in [-0.4, -0.2) is 31.1 Å². The molecule has 7 heteroatoms. The second-order valence-electron chi connectivity index (χ2n) is 8.75. The van der Waals surface area contributed by atoms with Crippen LogP contribution in [0.1, 0.15) is 45.2 Å². The zero-order chi connectivity index (χ0) is 23.7. The molecule has 0 unspecified atom stereocenters. The largest absolute Gasteiger partial charge is 0.486 e. The maximum absolute atomic E-state index is 13.0. The van der Waals surface area contributed by atoms with Crippen LogP contribution >= 0.6 is 0 Å². The van der Waals surface area contributed by atoms with Crippen molar-refractivity contribution in [3.05, 3.63) is 76.9 Å². The van der Waals surface area contributed by atoms with Crippen LogP contribution in [0.3, 0.4) is 0 Å². The zero-order valence-electron chi connectivity index (χ0n) is 19.2. The van der Waals surface area contributed by atoms with Gasteiger partial charge >= 0.3 is 0 Å². The van der Waals surface area contributed by atoms with E-state index in [-0.39, 0.29) is 11.8 Å². The molecular formula is C27H27N3O4. The van der Waals surface area contributed by atoms with Crippen molar-refractivity contribution < 1.29 is 19.1 Å². The molecule has 34 heavy (non-hydrogen) atoms. The normalized spacial score (nSPS) is 16.1. The summed E-state index contributed by atoms with van der Waals surface area (Å²) < 4.78 is 11.1. The predicted octanol–water partition coefficient (Wildman–Crippen LogP) is 5.02. The predicted molar refractivity (Wildman–Crippen MR) is 132 cm³/mol. The first-order valence-corrected chi connectivity index (χ1v) is 11.5. The monoisotopic (exact) mass is 457 g/mol. The van der Waals surface area contributed by atoms with Gasteiger partial charge in [-0.05, 0) is 86.3 Å².